The molecule has 0 aliphatic carbocycles. The molecular weight excluding hydrogens is 725 g/mol. The molecule has 0 spiro atoms. The number of carbonyl (C=O) groups is 1. The molecule has 0 aromatic heterocycles. The summed E-state index contributed by atoms with van der Waals surface area (Å²) in [5, 5.41) is 9.77. The van der Waals surface area contributed by atoms with Gasteiger partial charge in [0, 0.05) is 6.42 Å². The highest BCUT2D eigenvalue weighted by Crippen LogP contribution is 2.43. The van der Waals surface area contributed by atoms with E-state index in [2.05, 4.69) is 37.3 Å². The Kier molecular flexibility index (Phi) is 36.7. The average Bonchev–Trinajstić information content (AvgIpc) is 3.15. The van der Waals surface area contributed by atoms with Crippen LogP contribution in [0.2, 0.25) is 0 Å². The van der Waals surface area contributed by atoms with E-state index in [-0.39, 0.29) is 26.2 Å². The predicted molar refractivity (Wildman–Crippen MR) is 234 cm³/mol. The van der Waals surface area contributed by atoms with Crippen LogP contribution in [0, 0.1) is 0 Å². The molecule has 324 valence electrons. The summed E-state index contributed by atoms with van der Waals surface area (Å²) in [6.07, 6.45) is 46.7. The highest BCUT2D eigenvalue weighted by Gasteiger charge is 2.26. The zero-order chi connectivity index (χ0) is 41.4. The number of likely N-dealkylation sites (N-methyl/N-ethyl adjacent to an activating group) is 1. The maximum absolute atomic E-state index is 12.7. The third kappa shape index (κ3) is 41.4. The number of carbonyl (C=O) groups excluding carboxylic acids is 1. The third-order valence-corrected chi connectivity index (χ3v) is 9.91. The Morgan fingerprint density at radius 2 is 1.25 bits per heavy atom. The first kappa shape index (κ1) is 53.7. The second-order valence-corrected chi connectivity index (χ2v) is 17.1. The first-order valence-electron chi connectivity index (χ1n) is 21.8. The molecule has 10 heteroatoms. The van der Waals surface area contributed by atoms with Gasteiger partial charge < -0.3 is 24.0 Å². The highest BCUT2D eigenvalue weighted by atomic mass is 31.2. The monoisotopic (exact) mass is 809 g/mol. The van der Waals surface area contributed by atoms with E-state index >= 15 is 0 Å². The van der Waals surface area contributed by atoms with Gasteiger partial charge in [-0.05, 0) is 57.4 Å². The topological polar surface area (TPSA) is 112 Å². The van der Waals surface area contributed by atoms with Crippen molar-refractivity contribution in [3.05, 3.63) is 73.1 Å². The van der Waals surface area contributed by atoms with Crippen LogP contribution < -0.4 is 0 Å². The summed E-state index contributed by atoms with van der Waals surface area (Å²) in [7, 11) is 1.56. The number of aliphatic hydroxyl groups is 1. The standard InChI is InChI=1S/C46H82NO8P/c1-6-8-10-11-12-13-14-15-16-17-20-23-26-29-32-35-40-52-42-45(43-54-56(50,51)53-41-39-47(3,4)5)55-46(49)38-34-31-28-25-22-19-18-21-24-27-30-33-37-44(48)36-9-7-2/h9,18-19,24-25,27-28,30,33,35-36,40,44-45,48H,6-8,10-17,20-23,26,29,31-32,34,37-39,41-43H2,1-5H3/p+1/b19-18-,27-24-,28-25-,33-30+,36-9-,40-35+/t44?,45-/m1/s1. The van der Waals surface area contributed by atoms with Gasteiger partial charge in [0.2, 0.25) is 0 Å². The first-order valence-corrected chi connectivity index (χ1v) is 23.3. The Morgan fingerprint density at radius 1 is 0.679 bits per heavy atom. The molecule has 0 aromatic rings. The lowest BCUT2D eigenvalue weighted by molar-refractivity contribution is -0.870. The fraction of sp³-hybridized carbons (Fsp3) is 0.717. The Bertz CT molecular complexity index is 1140. The van der Waals surface area contributed by atoms with Gasteiger partial charge >= 0.3 is 13.8 Å². The van der Waals surface area contributed by atoms with Crippen LogP contribution >= 0.6 is 7.82 Å². The molecule has 56 heavy (non-hydrogen) atoms. The number of phosphoric acid groups is 1. The van der Waals surface area contributed by atoms with Gasteiger partial charge in [-0.25, -0.2) is 4.57 Å². The van der Waals surface area contributed by atoms with Gasteiger partial charge in [0.05, 0.1) is 40.1 Å². The van der Waals surface area contributed by atoms with Crippen molar-refractivity contribution in [1.29, 1.82) is 0 Å². The van der Waals surface area contributed by atoms with E-state index in [0.717, 1.165) is 38.5 Å². The molecule has 0 saturated carbocycles. The number of hydrogen-bond acceptors (Lipinski definition) is 7. The third-order valence-electron chi connectivity index (χ3n) is 8.92. The predicted octanol–water partition coefficient (Wildman–Crippen LogP) is 12.0. The van der Waals surface area contributed by atoms with E-state index in [1.165, 1.54) is 83.5 Å². The van der Waals surface area contributed by atoms with Gasteiger partial charge in [-0.1, -0.05) is 158 Å². The van der Waals surface area contributed by atoms with Gasteiger partial charge in [0.15, 0.2) is 6.10 Å². The van der Waals surface area contributed by atoms with Gasteiger partial charge in [0.1, 0.15) is 19.8 Å². The number of unbranched alkanes of at least 4 members (excludes halogenated alkanes) is 15. The van der Waals surface area contributed by atoms with Crippen molar-refractivity contribution >= 4 is 13.8 Å². The number of rotatable bonds is 39. The normalized spacial score (nSPS) is 15.0. The van der Waals surface area contributed by atoms with Gasteiger partial charge in [-0.2, -0.15) is 0 Å². The van der Waals surface area contributed by atoms with Crippen LogP contribution in [0.5, 0.6) is 0 Å². The Hall–Kier alpha value is -2.26. The number of aliphatic hydroxyl groups excluding tert-OH is 1. The van der Waals surface area contributed by atoms with E-state index < -0.39 is 26.0 Å². The molecule has 0 saturated heterocycles. The van der Waals surface area contributed by atoms with Crippen LogP contribution in [-0.2, 0) is 27.9 Å². The minimum Gasteiger partial charge on any atom is -0.498 e. The second kappa shape index (κ2) is 38.3. The molecule has 0 fully saturated rings. The lowest BCUT2D eigenvalue weighted by Gasteiger charge is -2.24. The molecule has 0 amide bonds. The number of allylic oxidation sites excluding steroid dienone is 9. The van der Waals surface area contributed by atoms with Crippen molar-refractivity contribution in [3.8, 4) is 0 Å². The molecule has 0 bridgehead atoms. The number of phosphoric ester groups is 1. The summed E-state index contributed by atoms with van der Waals surface area (Å²) in [5.74, 6) is -0.409. The summed E-state index contributed by atoms with van der Waals surface area (Å²) in [6, 6.07) is 0. The van der Waals surface area contributed by atoms with Crippen LogP contribution in [0.15, 0.2) is 73.1 Å². The lowest BCUT2D eigenvalue weighted by atomic mass is 10.0. The molecule has 0 rings (SSSR count). The van der Waals surface area contributed by atoms with Gasteiger partial charge in [0.25, 0.3) is 0 Å². The minimum absolute atomic E-state index is 0.0113. The number of quaternary nitrogens is 1. The van der Waals surface area contributed by atoms with Gasteiger partial charge in [-0.15, -0.1) is 0 Å². The Morgan fingerprint density at radius 3 is 1.88 bits per heavy atom. The molecule has 0 heterocycles. The van der Waals surface area contributed by atoms with Crippen molar-refractivity contribution in [1.82, 2.24) is 0 Å². The highest BCUT2D eigenvalue weighted by molar-refractivity contribution is 7.47. The molecule has 2 N–H and O–H groups in total. The summed E-state index contributed by atoms with van der Waals surface area (Å²) >= 11 is 0. The fourth-order valence-electron chi connectivity index (χ4n) is 5.51. The number of nitrogens with zero attached hydrogens (tertiary/aromatic N) is 1. The van der Waals surface area contributed by atoms with Crippen LogP contribution in [-0.4, -0.2) is 80.2 Å². The van der Waals surface area contributed by atoms with E-state index in [0.29, 0.717) is 23.9 Å². The van der Waals surface area contributed by atoms with Crippen molar-refractivity contribution in [2.45, 2.75) is 167 Å². The summed E-state index contributed by atoms with van der Waals surface area (Å²) in [4.78, 5) is 22.8. The molecule has 0 aliphatic heterocycles. The summed E-state index contributed by atoms with van der Waals surface area (Å²) in [5.41, 5.74) is 0. The van der Waals surface area contributed by atoms with Crippen LogP contribution in [0.1, 0.15) is 155 Å². The largest absolute Gasteiger partial charge is 0.498 e. The van der Waals surface area contributed by atoms with Gasteiger partial charge in [-0.3, -0.25) is 13.8 Å². The average molecular weight is 809 g/mol. The molecule has 0 radical (unpaired) electrons. The zero-order valence-corrected chi connectivity index (χ0v) is 37.1. The zero-order valence-electron chi connectivity index (χ0n) is 36.2. The fourth-order valence-corrected chi connectivity index (χ4v) is 6.26. The van der Waals surface area contributed by atoms with Crippen molar-refractivity contribution < 1.29 is 42.4 Å². The van der Waals surface area contributed by atoms with Crippen molar-refractivity contribution in [2.24, 2.45) is 0 Å². The smallest absolute Gasteiger partial charge is 0.472 e. The number of esters is 1. The quantitative estimate of drug-likeness (QED) is 0.0120. The molecular formula is C46H83NO8P+. The van der Waals surface area contributed by atoms with E-state index in [4.69, 9.17) is 18.5 Å². The molecule has 2 unspecified atom stereocenters. The van der Waals surface area contributed by atoms with Crippen molar-refractivity contribution in [3.63, 3.8) is 0 Å². The second-order valence-electron chi connectivity index (χ2n) is 15.6. The lowest BCUT2D eigenvalue weighted by Crippen LogP contribution is -2.37. The maximum Gasteiger partial charge on any atom is 0.472 e. The van der Waals surface area contributed by atoms with E-state index in [1.54, 1.807) is 6.26 Å². The summed E-state index contributed by atoms with van der Waals surface area (Å²) < 4.78 is 34.6. The van der Waals surface area contributed by atoms with Crippen LogP contribution in [0.3, 0.4) is 0 Å². The molecule has 0 aliphatic rings. The Balaban J connectivity index is 4.44. The van der Waals surface area contributed by atoms with Crippen LogP contribution in [0.4, 0.5) is 0 Å². The molecule has 3 atom stereocenters. The van der Waals surface area contributed by atoms with E-state index in [9.17, 15) is 19.4 Å². The van der Waals surface area contributed by atoms with E-state index in [1.807, 2.05) is 64.5 Å². The number of ether oxygens (including phenoxy) is 2. The number of hydrogen-bond donors (Lipinski definition) is 2. The van der Waals surface area contributed by atoms with Crippen LogP contribution in [0.25, 0.3) is 0 Å². The minimum atomic E-state index is -4.32. The Labute approximate surface area is 343 Å². The van der Waals surface area contributed by atoms with Crippen molar-refractivity contribution in [2.75, 3.05) is 47.5 Å². The summed E-state index contributed by atoms with van der Waals surface area (Å²) in [6.45, 7) is 4.60. The molecule has 9 nitrogen and oxygen atoms in total. The maximum atomic E-state index is 12.7. The SMILES string of the molecule is CC/C=C\C(O)C/C=C/C=C\C/C=C\C/C=C\CCCC(=O)O[C@H](CO/C=C/CCCCCCCCCCCCCCCC)COP(=O)(O)OCC[N+](C)(C)C. The first-order chi connectivity index (χ1) is 27.0. The molecule has 0 aromatic carbocycles.